The fourth-order valence-electron chi connectivity index (χ4n) is 5.01. The van der Waals surface area contributed by atoms with E-state index >= 15 is 0 Å². The molecule has 2 aliphatic heterocycles. The Hall–Kier alpha value is -2.09. The van der Waals surface area contributed by atoms with Crippen LogP contribution >= 0.6 is 11.3 Å². The standard InChI is InChI=1S/C22H31N5O2S/c1-26(14-6-7-14)21-19-15-4-2-3-5-16(15)30-22(19)25-17(24-21)12-18(28)27-10-8-13(9-11-27)20(23)29/h13-14,17,25H,2-12H2,1H3,(H2,23,29). The van der Waals surface area contributed by atoms with Gasteiger partial charge in [0.15, 0.2) is 0 Å². The summed E-state index contributed by atoms with van der Waals surface area (Å²) in [5.41, 5.74) is 8.21. The third-order valence-corrected chi connectivity index (χ3v) is 8.24. The summed E-state index contributed by atoms with van der Waals surface area (Å²) in [6.45, 7) is 1.21. The number of nitrogens with zero attached hydrogens (tertiary/aromatic N) is 3. The number of carbonyl (C=O) groups is 2. The normalized spacial score (nSPS) is 23.8. The number of amides is 2. The van der Waals surface area contributed by atoms with Gasteiger partial charge in [0, 0.05) is 37.0 Å². The molecule has 30 heavy (non-hydrogen) atoms. The molecule has 8 heteroatoms. The Labute approximate surface area is 181 Å². The molecule has 2 amide bonds. The molecular formula is C22H31N5O2S. The van der Waals surface area contributed by atoms with Crippen LogP contribution in [0.15, 0.2) is 4.99 Å². The van der Waals surface area contributed by atoms with E-state index in [1.54, 1.807) is 0 Å². The molecule has 1 saturated heterocycles. The van der Waals surface area contributed by atoms with Gasteiger partial charge in [0.05, 0.1) is 12.0 Å². The molecular weight excluding hydrogens is 398 g/mol. The van der Waals surface area contributed by atoms with E-state index in [0.717, 1.165) is 18.7 Å². The topological polar surface area (TPSA) is 91.0 Å². The SMILES string of the molecule is CN(C1=NC(CC(=O)N2CCC(C(N)=O)CC2)Nc2sc3c(c21)CCCC3)C1CC1. The first-order chi connectivity index (χ1) is 14.5. The van der Waals surface area contributed by atoms with Gasteiger partial charge in [-0.25, -0.2) is 4.99 Å². The van der Waals surface area contributed by atoms with Crippen LogP contribution in [0, 0.1) is 5.92 Å². The number of aliphatic imine (C=N–C) groups is 1. The predicted molar refractivity (Wildman–Crippen MR) is 119 cm³/mol. The van der Waals surface area contributed by atoms with Crippen molar-refractivity contribution in [3.05, 3.63) is 16.0 Å². The summed E-state index contributed by atoms with van der Waals surface area (Å²) in [5.74, 6) is 0.842. The molecule has 4 aliphatic rings. The number of nitrogens with one attached hydrogen (secondary N) is 1. The fraction of sp³-hybridized carbons (Fsp3) is 0.682. The molecule has 1 aromatic rings. The van der Waals surface area contributed by atoms with Crippen LogP contribution in [0.25, 0.3) is 0 Å². The van der Waals surface area contributed by atoms with E-state index in [4.69, 9.17) is 10.7 Å². The average Bonchev–Trinajstić information content (AvgIpc) is 3.53. The van der Waals surface area contributed by atoms with Crippen LogP contribution in [0.5, 0.6) is 0 Å². The van der Waals surface area contributed by atoms with E-state index in [1.807, 2.05) is 16.2 Å². The van der Waals surface area contributed by atoms with Crippen LogP contribution in [-0.4, -0.2) is 59.8 Å². The monoisotopic (exact) mass is 429 g/mol. The number of amidine groups is 1. The lowest BCUT2D eigenvalue weighted by atomic mass is 9.94. The number of hydrogen-bond acceptors (Lipinski definition) is 6. The van der Waals surface area contributed by atoms with Crippen LogP contribution in [0.1, 0.15) is 60.9 Å². The number of nitrogens with two attached hydrogens (primary N) is 1. The zero-order valence-corrected chi connectivity index (χ0v) is 18.5. The fourth-order valence-corrected chi connectivity index (χ4v) is 6.34. The Balaban J connectivity index is 1.34. The minimum Gasteiger partial charge on any atom is -0.369 e. The highest BCUT2D eigenvalue weighted by Gasteiger charge is 2.37. The molecule has 1 aromatic heterocycles. The van der Waals surface area contributed by atoms with E-state index in [1.165, 1.54) is 46.7 Å². The smallest absolute Gasteiger partial charge is 0.226 e. The van der Waals surface area contributed by atoms with Gasteiger partial charge in [-0.15, -0.1) is 11.3 Å². The van der Waals surface area contributed by atoms with Crippen LogP contribution < -0.4 is 11.1 Å². The largest absolute Gasteiger partial charge is 0.369 e. The lowest BCUT2D eigenvalue weighted by Crippen LogP contribution is -2.44. The van der Waals surface area contributed by atoms with E-state index in [0.29, 0.717) is 38.4 Å². The van der Waals surface area contributed by atoms with E-state index in [-0.39, 0.29) is 23.9 Å². The number of likely N-dealkylation sites (tertiary alicyclic amines) is 1. The summed E-state index contributed by atoms with van der Waals surface area (Å²) < 4.78 is 0. The maximum Gasteiger partial charge on any atom is 0.226 e. The Morgan fingerprint density at radius 1 is 1.20 bits per heavy atom. The summed E-state index contributed by atoms with van der Waals surface area (Å²) in [4.78, 5) is 35.1. The Morgan fingerprint density at radius 2 is 1.93 bits per heavy atom. The summed E-state index contributed by atoms with van der Waals surface area (Å²) in [5, 5.41) is 4.78. The average molecular weight is 430 g/mol. The second kappa shape index (κ2) is 7.87. The van der Waals surface area contributed by atoms with Crippen molar-refractivity contribution >= 4 is 34.0 Å². The third-order valence-electron chi connectivity index (χ3n) is 7.02. The van der Waals surface area contributed by atoms with Gasteiger partial charge in [-0.2, -0.15) is 0 Å². The van der Waals surface area contributed by atoms with Crippen LogP contribution in [-0.2, 0) is 22.4 Å². The van der Waals surface area contributed by atoms with Crippen molar-refractivity contribution in [2.24, 2.45) is 16.6 Å². The number of primary amides is 1. The molecule has 0 aromatic carbocycles. The number of thiophene rings is 1. The Morgan fingerprint density at radius 3 is 2.63 bits per heavy atom. The Kier molecular flexibility index (Phi) is 5.21. The molecule has 0 bridgehead atoms. The number of aryl methyl sites for hydroxylation is 1. The molecule has 2 fully saturated rings. The first kappa shape index (κ1) is 19.8. The molecule has 7 nitrogen and oxygen atoms in total. The molecule has 5 rings (SSSR count). The first-order valence-corrected chi connectivity index (χ1v) is 12.1. The van der Waals surface area contributed by atoms with Crippen LogP contribution in [0.4, 0.5) is 5.00 Å². The number of anilines is 1. The number of rotatable bonds is 4. The van der Waals surface area contributed by atoms with Crippen molar-refractivity contribution in [1.29, 1.82) is 0 Å². The molecule has 2 aliphatic carbocycles. The zero-order chi connectivity index (χ0) is 20.8. The molecule has 3 N–H and O–H groups in total. The van der Waals surface area contributed by atoms with Gasteiger partial charge in [-0.05, 0) is 56.9 Å². The lowest BCUT2D eigenvalue weighted by molar-refractivity contribution is -0.135. The molecule has 162 valence electrons. The highest BCUT2D eigenvalue weighted by molar-refractivity contribution is 7.16. The summed E-state index contributed by atoms with van der Waals surface area (Å²) >= 11 is 1.87. The minimum absolute atomic E-state index is 0.0985. The van der Waals surface area contributed by atoms with Crippen molar-refractivity contribution in [3.8, 4) is 0 Å². The van der Waals surface area contributed by atoms with Crippen molar-refractivity contribution in [2.75, 3.05) is 25.5 Å². The zero-order valence-electron chi connectivity index (χ0n) is 17.7. The van der Waals surface area contributed by atoms with Crippen molar-refractivity contribution in [1.82, 2.24) is 9.80 Å². The molecule has 1 saturated carbocycles. The van der Waals surface area contributed by atoms with E-state index in [9.17, 15) is 9.59 Å². The van der Waals surface area contributed by atoms with Crippen molar-refractivity contribution < 1.29 is 9.59 Å². The number of hydrogen-bond donors (Lipinski definition) is 2. The van der Waals surface area contributed by atoms with Crippen molar-refractivity contribution in [2.45, 2.75) is 70.0 Å². The van der Waals surface area contributed by atoms with Gasteiger partial charge >= 0.3 is 0 Å². The number of carbonyl (C=O) groups excluding carboxylic acids is 2. The molecule has 0 radical (unpaired) electrons. The lowest BCUT2D eigenvalue weighted by Gasteiger charge is -2.33. The quantitative estimate of drug-likeness (QED) is 0.769. The summed E-state index contributed by atoms with van der Waals surface area (Å²) in [7, 11) is 2.16. The second-order valence-corrected chi connectivity index (χ2v) is 10.2. The second-order valence-electron chi connectivity index (χ2n) is 9.13. The van der Waals surface area contributed by atoms with E-state index in [2.05, 4.69) is 17.3 Å². The van der Waals surface area contributed by atoms with Crippen molar-refractivity contribution in [3.63, 3.8) is 0 Å². The Bertz CT molecular complexity index is 882. The number of fused-ring (bicyclic) bond motifs is 3. The van der Waals surface area contributed by atoms with Gasteiger partial charge in [0.1, 0.15) is 17.0 Å². The predicted octanol–water partition coefficient (Wildman–Crippen LogP) is 2.33. The van der Waals surface area contributed by atoms with Gasteiger partial charge in [0.2, 0.25) is 11.8 Å². The maximum atomic E-state index is 13.0. The molecule has 0 spiro atoms. The van der Waals surface area contributed by atoms with E-state index < -0.39 is 0 Å². The molecule has 1 atom stereocenters. The highest BCUT2D eigenvalue weighted by Crippen LogP contribution is 2.42. The van der Waals surface area contributed by atoms with Crippen LogP contribution in [0.3, 0.4) is 0 Å². The molecule has 1 unspecified atom stereocenters. The van der Waals surface area contributed by atoms with Gasteiger partial charge in [-0.3, -0.25) is 9.59 Å². The summed E-state index contributed by atoms with van der Waals surface area (Å²) in [6, 6.07) is 0.581. The third kappa shape index (κ3) is 3.70. The van der Waals surface area contributed by atoms with Gasteiger partial charge in [0.25, 0.3) is 0 Å². The maximum absolute atomic E-state index is 13.0. The highest BCUT2D eigenvalue weighted by atomic mass is 32.1. The van der Waals surface area contributed by atoms with Gasteiger partial charge in [-0.1, -0.05) is 0 Å². The molecule has 3 heterocycles. The minimum atomic E-state index is -0.248. The summed E-state index contributed by atoms with van der Waals surface area (Å²) in [6.07, 6.45) is 8.72. The number of piperidine rings is 1. The van der Waals surface area contributed by atoms with Gasteiger partial charge < -0.3 is 20.9 Å². The first-order valence-electron chi connectivity index (χ1n) is 11.3. The van der Waals surface area contributed by atoms with Crippen LogP contribution in [0.2, 0.25) is 0 Å².